The van der Waals surface area contributed by atoms with Crippen LogP contribution in [0.4, 0.5) is 0 Å². The molecular formula is C9H16BrNO. The van der Waals surface area contributed by atoms with Gasteiger partial charge in [-0.3, -0.25) is 4.79 Å². The lowest BCUT2D eigenvalue weighted by Gasteiger charge is -2.14. The Bertz CT molecular complexity index is 161. The van der Waals surface area contributed by atoms with Gasteiger partial charge in [-0.1, -0.05) is 22.9 Å². The van der Waals surface area contributed by atoms with E-state index in [0.717, 1.165) is 37.7 Å². The van der Waals surface area contributed by atoms with Crippen LogP contribution in [0.5, 0.6) is 0 Å². The zero-order valence-electron chi connectivity index (χ0n) is 7.55. The van der Waals surface area contributed by atoms with Crippen molar-refractivity contribution in [1.29, 1.82) is 0 Å². The topological polar surface area (TPSA) is 20.3 Å². The van der Waals surface area contributed by atoms with Crippen molar-refractivity contribution >= 4 is 21.8 Å². The maximum atomic E-state index is 11.3. The van der Waals surface area contributed by atoms with Gasteiger partial charge in [0.15, 0.2) is 0 Å². The van der Waals surface area contributed by atoms with Crippen LogP contribution in [0.3, 0.4) is 0 Å². The SMILES string of the molecule is CC1CC(=O)N(CCCCBr)C1. The number of halogens is 1. The van der Waals surface area contributed by atoms with Crippen LogP contribution in [0.25, 0.3) is 0 Å². The average Bonchev–Trinajstić information content (AvgIpc) is 2.31. The largest absolute Gasteiger partial charge is 0.342 e. The van der Waals surface area contributed by atoms with Gasteiger partial charge in [-0.25, -0.2) is 0 Å². The Morgan fingerprint density at radius 1 is 1.58 bits per heavy atom. The van der Waals surface area contributed by atoms with E-state index in [1.807, 2.05) is 4.90 Å². The standard InChI is InChI=1S/C9H16BrNO/c1-8-6-9(12)11(7-8)5-3-2-4-10/h8H,2-7H2,1H3. The van der Waals surface area contributed by atoms with Crippen LogP contribution in [-0.2, 0) is 4.79 Å². The Kier molecular flexibility index (Phi) is 4.06. The van der Waals surface area contributed by atoms with Crippen molar-refractivity contribution in [1.82, 2.24) is 4.90 Å². The van der Waals surface area contributed by atoms with Crippen molar-refractivity contribution in [3.63, 3.8) is 0 Å². The molecule has 70 valence electrons. The third kappa shape index (κ3) is 2.77. The first kappa shape index (κ1) is 10.0. The highest BCUT2D eigenvalue weighted by Gasteiger charge is 2.25. The number of hydrogen-bond donors (Lipinski definition) is 0. The Hall–Kier alpha value is -0.0500. The molecule has 0 spiro atoms. The highest BCUT2D eigenvalue weighted by Crippen LogP contribution is 2.16. The minimum Gasteiger partial charge on any atom is -0.342 e. The van der Waals surface area contributed by atoms with Crippen molar-refractivity contribution in [2.45, 2.75) is 26.2 Å². The molecule has 12 heavy (non-hydrogen) atoms. The van der Waals surface area contributed by atoms with Gasteiger partial charge >= 0.3 is 0 Å². The zero-order chi connectivity index (χ0) is 8.97. The van der Waals surface area contributed by atoms with E-state index in [2.05, 4.69) is 22.9 Å². The fourth-order valence-electron chi connectivity index (χ4n) is 1.58. The fourth-order valence-corrected chi connectivity index (χ4v) is 1.98. The second-order valence-electron chi connectivity index (χ2n) is 3.55. The number of likely N-dealkylation sites (tertiary alicyclic amines) is 1. The number of unbranched alkanes of at least 4 members (excludes halogenated alkanes) is 1. The molecule has 0 aromatic heterocycles. The minimum absolute atomic E-state index is 0.345. The average molecular weight is 234 g/mol. The molecule has 0 aliphatic carbocycles. The summed E-state index contributed by atoms with van der Waals surface area (Å²) in [6.07, 6.45) is 3.05. The van der Waals surface area contributed by atoms with E-state index >= 15 is 0 Å². The summed E-state index contributed by atoms with van der Waals surface area (Å²) in [5.74, 6) is 0.915. The smallest absolute Gasteiger partial charge is 0.222 e. The summed E-state index contributed by atoms with van der Waals surface area (Å²) in [7, 11) is 0. The van der Waals surface area contributed by atoms with Crippen LogP contribution >= 0.6 is 15.9 Å². The molecule has 0 N–H and O–H groups in total. The van der Waals surface area contributed by atoms with Crippen molar-refractivity contribution < 1.29 is 4.79 Å². The number of hydrogen-bond acceptors (Lipinski definition) is 1. The molecule has 1 aliphatic heterocycles. The van der Waals surface area contributed by atoms with Crippen molar-refractivity contribution in [2.24, 2.45) is 5.92 Å². The van der Waals surface area contributed by atoms with E-state index in [4.69, 9.17) is 0 Å². The Morgan fingerprint density at radius 3 is 2.83 bits per heavy atom. The van der Waals surface area contributed by atoms with Gasteiger partial charge in [0.2, 0.25) is 5.91 Å². The van der Waals surface area contributed by atoms with Gasteiger partial charge in [0.1, 0.15) is 0 Å². The second kappa shape index (κ2) is 4.85. The fraction of sp³-hybridized carbons (Fsp3) is 0.889. The highest BCUT2D eigenvalue weighted by atomic mass is 79.9. The molecule has 1 fully saturated rings. The number of alkyl halides is 1. The lowest BCUT2D eigenvalue weighted by molar-refractivity contribution is -0.127. The molecule has 0 aromatic rings. The normalized spacial score (nSPS) is 23.7. The van der Waals surface area contributed by atoms with E-state index in [1.165, 1.54) is 0 Å². The Labute approximate surface area is 82.4 Å². The van der Waals surface area contributed by atoms with Crippen LogP contribution in [0.15, 0.2) is 0 Å². The third-order valence-electron chi connectivity index (χ3n) is 2.22. The third-order valence-corrected chi connectivity index (χ3v) is 2.78. The van der Waals surface area contributed by atoms with Crippen LogP contribution < -0.4 is 0 Å². The van der Waals surface area contributed by atoms with Gasteiger partial charge in [-0.15, -0.1) is 0 Å². The molecule has 0 aromatic carbocycles. The molecule has 3 heteroatoms. The van der Waals surface area contributed by atoms with Crippen molar-refractivity contribution in [3.05, 3.63) is 0 Å². The molecule has 2 nitrogen and oxygen atoms in total. The van der Waals surface area contributed by atoms with E-state index < -0.39 is 0 Å². The molecule has 0 bridgehead atoms. The van der Waals surface area contributed by atoms with Crippen LogP contribution in [0.1, 0.15) is 26.2 Å². The number of amides is 1. The van der Waals surface area contributed by atoms with Gasteiger partial charge in [0, 0.05) is 24.8 Å². The van der Waals surface area contributed by atoms with Gasteiger partial charge in [-0.2, -0.15) is 0 Å². The van der Waals surface area contributed by atoms with Gasteiger partial charge < -0.3 is 4.90 Å². The molecule has 1 amide bonds. The monoisotopic (exact) mass is 233 g/mol. The Morgan fingerprint density at radius 2 is 2.33 bits per heavy atom. The van der Waals surface area contributed by atoms with Gasteiger partial charge in [-0.05, 0) is 18.8 Å². The molecule has 0 saturated carbocycles. The Balaban J connectivity index is 2.19. The van der Waals surface area contributed by atoms with E-state index in [0.29, 0.717) is 11.8 Å². The summed E-state index contributed by atoms with van der Waals surface area (Å²) >= 11 is 3.38. The molecule has 1 saturated heterocycles. The number of rotatable bonds is 4. The first-order chi connectivity index (χ1) is 5.74. The van der Waals surface area contributed by atoms with Crippen molar-refractivity contribution in [2.75, 3.05) is 18.4 Å². The second-order valence-corrected chi connectivity index (χ2v) is 4.34. The summed E-state index contributed by atoms with van der Waals surface area (Å²) in [4.78, 5) is 13.3. The zero-order valence-corrected chi connectivity index (χ0v) is 9.14. The maximum absolute atomic E-state index is 11.3. The first-order valence-electron chi connectivity index (χ1n) is 4.57. The number of carbonyl (C=O) groups excluding carboxylic acids is 1. The van der Waals surface area contributed by atoms with E-state index in [1.54, 1.807) is 0 Å². The van der Waals surface area contributed by atoms with Crippen LogP contribution in [-0.4, -0.2) is 29.2 Å². The summed E-state index contributed by atoms with van der Waals surface area (Å²) < 4.78 is 0. The van der Waals surface area contributed by atoms with Crippen LogP contribution in [0, 0.1) is 5.92 Å². The minimum atomic E-state index is 0.345. The van der Waals surface area contributed by atoms with Crippen molar-refractivity contribution in [3.8, 4) is 0 Å². The molecule has 0 radical (unpaired) electrons. The van der Waals surface area contributed by atoms with E-state index in [9.17, 15) is 4.79 Å². The molecular weight excluding hydrogens is 218 g/mol. The predicted octanol–water partition coefficient (Wildman–Crippen LogP) is 2.03. The van der Waals surface area contributed by atoms with Crippen LogP contribution in [0.2, 0.25) is 0 Å². The summed E-state index contributed by atoms with van der Waals surface area (Å²) in [6, 6.07) is 0. The molecule has 1 rings (SSSR count). The molecule has 1 aliphatic rings. The summed E-state index contributed by atoms with van der Waals surface area (Å²) in [6.45, 7) is 4.07. The lowest BCUT2D eigenvalue weighted by Crippen LogP contribution is -2.26. The van der Waals surface area contributed by atoms with Gasteiger partial charge in [0.05, 0.1) is 0 Å². The highest BCUT2D eigenvalue weighted by molar-refractivity contribution is 9.09. The molecule has 1 unspecified atom stereocenters. The molecule has 1 atom stereocenters. The van der Waals surface area contributed by atoms with Gasteiger partial charge in [0.25, 0.3) is 0 Å². The predicted molar refractivity (Wildman–Crippen MR) is 53.4 cm³/mol. The maximum Gasteiger partial charge on any atom is 0.222 e. The number of carbonyl (C=O) groups is 1. The quantitative estimate of drug-likeness (QED) is 0.538. The molecule has 1 heterocycles. The lowest BCUT2D eigenvalue weighted by atomic mass is 10.2. The first-order valence-corrected chi connectivity index (χ1v) is 5.70. The summed E-state index contributed by atoms with van der Waals surface area (Å²) in [5, 5.41) is 1.05. The van der Waals surface area contributed by atoms with E-state index in [-0.39, 0.29) is 0 Å². The number of nitrogens with zero attached hydrogens (tertiary/aromatic N) is 1. The summed E-state index contributed by atoms with van der Waals surface area (Å²) in [5.41, 5.74) is 0.